The topological polar surface area (TPSA) is 91.7 Å². The highest BCUT2D eigenvalue weighted by Crippen LogP contribution is 2.33. The third kappa shape index (κ3) is 4.15. The predicted molar refractivity (Wildman–Crippen MR) is 122 cm³/mol. The third-order valence-electron chi connectivity index (χ3n) is 4.79. The van der Waals surface area contributed by atoms with Crippen LogP contribution in [0.5, 0.6) is 5.75 Å². The Morgan fingerprint density at radius 1 is 1.23 bits per heavy atom. The maximum atomic E-state index is 11.9. The number of nitrogens with zero attached hydrogens (tertiary/aromatic N) is 4. The minimum Gasteiger partial charge on any atom is -0.431 e. The van der Waals surface area contributed by atoms with E-state index in [0.717, 1.165) is 17.5 Å². The average molecular weight is 437 g/mol. The highest BCUT2D eigenvalue weighted by Gasteiger charge is 2.25. The molecule has 2 N–H and O–H groups in total. The lowest BCUT2D eigenvalue weighted by Crippen LogP contribution is -2.26. The maximum Gasteiger partial charge on any atom is 0.251 e. The van der Waals surface area contributed by atoms with Crippen molar-refractivity contribution in [3.05, 3.63) is 70.4 Å². The second-order valence-electron chi connectivity index (χ2n) is 6.82. The lowest BCUT2D eigenvalue weighted by Gasteiger charge is -2.24. The van der Waals surface area contributed by atoms with Crippen LogP contribution in [-0.2, 0) is 6.42 Å². The molecule has 0 saturated heterocycles. The summed E-state index contributed by atoms with van der Waals surface area (Å²) < 4.78 is 6.00. The van der Waals surface area contributed by atoms with Crippen LogP contribution in [0, 0.1) is 0 Å². The largest absolute Gasteiger partial charge is 0.431 e. The van der Waals surface area contributed by atoms with Gasteiger partial charge in [-0.25, -0.2) is 9.99 Å². The minimum atomic E-state index is -0.170. The average Bonchev–Trinajstić information content (AvgIpc) is 2.78. The van der Waals surface area contributed by atoms with Crippen LogP contribution in [0.2, 0.25) is 5.02 Å². The lowest BCUT2D eigenvalue weighted by molar-refractivity contribution is 0.0963. The first-order chi connectivity index (χ1) is 15.0. The van der Waals surface area contributed by atoms with Gasteiger partial charge >= 0.3 is 0 Å². The number of aromatic nitrogens is 2. The number of carbonyl (C=O) groups is 1. The van der Waals surface area contributed by atoms with E-state index in [1.54, 1.807) is 43.5 Å². The Morgan fingerprint density at radius 3 is 2.81 bits per heavy atom. The van der Waals surface area contributed by atoms with Crippen LogP contribution in [0.15, 0.2) is 53.8 Å². The molecule has 1 amide bonds. The van der Waals surface area contributed by atoms with Gasteiger partial charge in [-0.3, -0.25) is 4.79 Å². The predicted octanol–water partition coefficient (Wildman–Crippen LogP) is 3.99. The number of nitrogens with one attached hydrogen (secondary N) is 2. The normalized spacial score (nSPS) is 12.5. The molecule has 0 atom stereocenters. The van der Waals surface area contributed by atoms with Crippen molar-refractivity contribution in [3.8, 4) is 5.75 Å². The van der Waals surface area contributed by atoms with Gasteiger partial charge in [0.15, 0.2) is 11.6 Å². The highest BCUT2D eigenvalue weighted by molar-refractivity contribution is 6.34. The van der Waals surface area contributed by atoms with Crippen molar-refractivity contribution in [2.45, 2.75) is 13.3 Å². The number of hydrogen-bond donors (Lipinski definition) is 2. The van der Waals surface area contributed by atoms with Crippen LogP contribution in [-0.4, -0.2) is 35.9 Å². The smallest absolute Gasteiger partial charge is 0.251 e. The summed E-state index contributed by atoms with van der Waals surface area (Å²) in [4.78, 5) is 20.7. The summed E-state index contributed by atoms with van der Waals surface area (Å²) in [6.45, 7) is 2.05. The highest BCUT2D eigenvalue weighted by atomic mass is 35.5. The number of anilines is 3. The number of carbonyl (C=O) groups excluding carboxylic acids is 1. The van der Waals surface area contributed by atoms with Crippen LogP contribution in [0.3, 0.4) is 0 Å². The molecular weight excluding hydrogens is 416 g/mol. The van der Waals surface area contributed by atoms with E-state index in [1.807, 2.05) is 24.3 Å². The molecule has 31 heavy (non-hydrogen) atoms. The molecule has 158 valence electrons. The first-order valence-corrected chi connectivity index (χ1v) is 10.1. The summed E-state index contributed by atoms with van der Waals surface area (Å²) in [6, 6.07) is 12.8. The number of amides is 1. The van der Waals surface area contributed by atoms with Gasteiger partial charge in [-0.05, 0) is 36.2 Å². The van der Waals surface area contributed by atoms with Crippen LogP contribution in [0.25, 0.3) is 0 Å². The van der Waals surface area contributed by atoms with Gasteiger partial charge < -0.3 is 15.4 Å². The Balaban J connectivity index is 1.61. The van der Waals surface area contributed by atoms with Crippen molar-refractivity contribution in [2.24, 2.45) is 5.10 Å². The van der Waals surface area contributed by atoms with E-state index in [9.17, 15) is 4.79 Å². The molecule has 2 aromatic carbocycles. The number of fused-ring (bicyclic) bond motifs is 1. The first-order valence-electron chi connectivity index (χ1n) is 9.74. The van der Waals surface area contributed by atoms with E-state index in [0.29, 0.717) is 39.7 Å². The Labute approximate surface area is 184 Å². The van der Waals surface area contributed by atoms with Gasteiger partial charge in [-0.15, -0.1) is 5.10 Å². The summed E-state index contributed by atoms with van der Waals surface area (Å²) in [6.07, 6.45) is 2.38. The second kappa shape index (κ2) is 8.61. The third-order valence-corrected chi connectivity index (χ3v) is 5.11. The van der Waals surface area contributed by atoms with Gasteiger partial charge in [-0.2, -0.15) is 4.98 Å². The number of benzene rings is 2. The summed E-state index contributed by atoms with van der Waals surface area (Å²) in [5.74, 6) is 1.57. The monoisotopic (exact) mass is 436 g/mol. The van der Waals surface area contributed by atoms with E-state index >= 15 is 0 Å². The molecule has 9 heteroatoms. The Kier molecular flexibility index (Phi) is 5.73. The molecule has 1 aliphatic heterocycles. The van der Waals surface area contributed by atoms with Crippen LogP contribution in [0.1, 0.15) is 28.4 Å². The van der Waals surface area contributed by atoms with E-state index in [4.69, 9.17) is 16.3 Å². The standard InChI is InChI=1S/C22H21ClN6O2/c1-4-13-7-6-10-16(23)18(13)21-28-29(3)19-17(31-21)12-25-22(27-19)26-15-9-5-8-14(11-15)20(30)24-2/h5-12H,4H2,1-3H3,(H,24,30)(H,25,26,27). The quantitative estimate of drug-likeness (QED) is 0.628. The summed E-state index contributed by atoms with van der Waals surface area (Å²) in [7, 11) is 3.37. The van der Waals surface area contributed by atoms with E-state index < -0.39 is 0 Å². The molecule has 3 aromatic rings. The zero-order chi connectivity index (χ0) is 22.0. The van der Waals surface area contributed by atoms with Crippen molar-refractivity contribution in [1.29, 1.82) is 0 Å². The Bertz CT molecular complexity index is 1180. The lowest BCUT2D eigenvalue weighted by atomic mass is 10.1. The van der Waals surface area contributed by atoms with E-state index in [-0.39, 0.29) is 5.91 Å². The van der Waals surface area contributed by atoms with Gasteiger partial charge in [0.1, 0.15) is 0 Å². The SMILES string of the molecule is CCc1cccc(Cl)c1C1=NN(C)c2nc(Nc3cccc(C(=O)NC)c3)ncc2O1. The molecule has 1 aromatic heterocycles. The minimum absolute atomic E-state index is 0.170. The van der Waals surface area contributed by atoms with E-state index in [1.165, 1.54) is 0 Å². The molecule has 0 saturated carbocycles. The number of hydrogen-bond acceptors (Lipinski definition) is 7. The molecule has 0 spiro atoms. The van der Waals surface area contributed by atoms with Crippen LogP contribution >= 0.6 is 11.6 Å². The molecule has 0 unspecified atom stereocenters. The van der Waals surface area contributed by atoms with Gasteiger partial charge in [-0.1, -0.05) is 36.7 Å². The molecule has 8 nitrogen and oxygen atoms in total. The van der Waals surface area contributed by atoms with Gasteiger partial charge in [0.25, 0.3) is 5.91 Å². The maximum absolute atomic E-state index is 11.9. The van der Waals surface area contributed by atoms with Crippen molar-refractivity contribution in [3.63, 3.8) is 0 Å². The first kappa shape index (κ1) is 20.6. The number of rotatable bonds is 5. The number of ether oxygens (including phenoxy) is 1. The fraction of sp³-hybridized carbons (Fsp3) is 0.182. The van der Waals surface area contributed by atoms with Gasteiger partial charge in [0.2, 0.25) is 11.8 Å². The molecule has 0 aliphatic carbocycles. The summed E-state index contributed by atoms with van der Waals surface area (Å²) >= 11 is 6.43. The van der Waals surface area contributed by atoms with Crippen molar-refractivity contribution >= 4 is 40.9 Å². The molecule has 2 heterocycles. The second-order valence-corrected chi connectivity index (χ2v) is 7.23. The molecule has 4 rings (SSSR count). The molecule has 0 radical (unpaired) electrons. The fourth-order valence-electron chi connectivity index (χ4n) is 3.25. The van der Waals surface area contributed by atoms with Gasteiger partial charge in [0, 0.05) is 25.3 Å². The van der Waals surface area contributed by atoms with Crippen molar-refractivity contribution in [2.75, 3.05) is 24.4 Å². The van der Waals surface area contributed by atoms with Crippen LogP contribution < -0.4 is 20.4 Å². The molecule has 0 bridgehead atoms. The zero-order valence-corrected chi connectivity index (χ0v) is 18.1. The number of hydrazone groups is 1. The number of aryl methyl sites for hydroxylation is 1. The summed E-state index contributed by atoms with van der Waals surface area (Å²) in [5, 5.41) is 12.4. The molecule has 1 aliphatic rings. The van der Waals surface area contributed by atoms with Gasteiger partial charge in [0.05, 0.1) is 16.8 Å². The fourth-order valence-corrected chi connectivity index (χ4v) is 3.52. The number of halogens is 1. The van der Waals surface area contributed by atoms with Crippen LogP contribution in [0.4, 0.5) is 17.5 Å². The Morgan fingerprint density at radius 2 is 2.03 bits per heavy atom. The molecular formula is C22H21ClN6O2. The van der Waals surface area contributed by atoms with Crippen molar-refractivity contribution in [1.82, 2.24) is 15.3 Å². The molecule has 0 fully saturated rings. The zero-order valence-electron chi connectivity index (χ0n) is 17.3. The van der Waals surface area contributed by atoms with Crippen molar-refractivity contribution < 1.29 is 9.53 Å². The summed E-state index contributed by atoms with van der Waals surface area (Å²) in [5.41, 5.74) is 3.02. The van der Waals surface area contributed by atoms with E-state index in [2.05, 4.69) is 32.6 Å². The Hall–Kier alpha value is -3.65.